The van der Waals surface area contributed by atoms with Crippen molar-refractivity contribution in [3.05, 3.63) is 24.3 Å². The molecule has 1 spiro atoms. The summed E-state index contributed by atoms with van der Waals surface area (Å²) in [6.45, 7) is 6.23. The summed E-state index contributed by atoms with van der Waals surface area (Å²) < 4.78 is 0. The molecule has 1 saturated carbocycles. The second kappa shape index (κ2) is 8.73. The number of rotatable bonds is 5. The zero-order valence-corrected chi connectivity index (χ0v) is 17.7. The van der Waals surface area contributed by atoms with Gasteiger partial charge in [-0.2, -0.15) is 0 Å². The minimum absolute atomic E-state index is 0.0172. The number of piperazine rings is 1. The van der Waals surface area contributed by atoms with Crippen molar-refractivity contribution in [1.29, 1.82) is 0 Å². The van der Waals surface area contributed by atoms with E-state index >= 15 is 0 Å². The number of hydrogen-bond acceptors (Lipinski definition) is 5. The highest BCUT2D eigenvalue weighted by atomic mass is 16.2. The Balaban J connectivity index is 1.45. The van der Waals surface area contributed by atoms with Gasteiger partial charge in [-0.25, -0.2) is 0 Å². The fourth-order valence-corrected chi connectivity index (χ4v) is 4.95. The zero-order chi connectivity index (χ0) is 21.1. The van der Waals surface area contributed by atoms with Gasteiger partial charge in [-0.05, 0) is 31.9 Å². The molecule has 1 saturated heterocycles. The Hall–Kier alpha value is -2.45. The van der Waals surface area contributed by atoms with Crippen molar-refractivity contribution < 1.29 is 14.4 Å². The first kappa shape index (κ1) is 20.8. The van der Waals surface area contributed by atoms with Crippen molar-refractivity contribution in [3.8, 4) is 0 Å². The molecule has 0 bridgehead atoms. The van der Waals surface area contributed by atoms with E-state index in [0.717, 1.165) is 44.7 Å². The molecule has 3 amide bonds. The van der Waals surface area contributed by atoms with Crippen molar-refractivity contribution in [1.82, 2.24) is 15.1 Å². The number of hydrogen-bond donors (Lipinski definition) is 2. The molecular weight excluding hydrogens is 382 g/mol. The minimum atomic E-state index is -0.758. The number of anilines is 2. The van der Waals surface area contributed by atoms with Crippen LogP contribution >= 0.6 is 0 Å². The first-order valence-electron chi connectivity index (χ1n) is 11.0. The molecule has 2 N–H and O–H groups in total. The lowest BCUT2D eigenvalue weighted by Crippen LogP contribution is -2.62. The molecule has 2 heterocycles. The number of benzene rings is 1. The molecule has 1 aliphatic carbocycles. The van der Waals surface area contributed by atoms with Gasteiger partial charge in [-0.3, -0.25) is 29.1 Å². The molecule has 8 heteroatoms. The highest BCUT2D eigenvalue weighted by molar-refractivity contribution is 6.15. The summed E-state index contributed by atoms with van der Waals surface area (Å²) in [6.07, 6.45) is 3.33. The Labute approximate surface area is 177 Å². The molecule has 0 atom stereocenters. The molecule has 0 aromatic heterocycles. The SMILES string of the molecule is CCNC(=O)CN1CCN(CC(=O)N2c3ccccc3NC(=O)C23CCCC3)CC1. The smallest absolute Gasteiger partial charge is 0.250 e. The van der Waals surface area contributed by atoms with Gasteiger partial charge in [0.25, 0.3) is 5.91 Å². The van der Waals surface area contributed by atoms with Crippen LogP contribution < -0.4 is 15.5 Å². The summed E-state index contributed by atoms with van der Waals surface area (Å²) in [6, 6.07) is 7.58. The number of likely N-dealkylation sites (N-methyl/N-ethyl adjacent to an activating group) is 1. The lowest BCUT2D eigenvalue weighted by Gasteiger charge is -2.45. The number of nitrogens with one attached hydrogen (secondary N) is 2. The van der Waals surface area contributed by atoms with E-state index in [1.807, 2.05) is 31.2 Å². The van der Waals surface area contributed by atoms with Crippen LogP contribution in [0.5, 0.6) is 0 Å². The molecule has 3 aliphatic rings. The Morgan fingerprint density at radius 3 is 2.33 bits per heavy atom. The molecule has 2 fully saturated rings. The molecule has 2 aliphatic heterocycles. The number of fused-ring (bicyclic) bond motifs is 1. The third-order valence-electron chi connectivity index (χ3n) is 6.49. The van der Waals surface area contributed by atoms with Gasteiger partial charge in [0.05, 0.1) is 24.5 Å². The van der Waals surface area contributed by atoms with Crippen LogP contribution in [-0.4, -0.2) is 78.9 Å². The second-order valence-corrected chi connectivity index (χ2v) is 8.44. The van der Waals surface area contributed by atoms with Gasteiger partial charge in [-0.1, -0.05) is 25.0 Å². The number of carbonyl (C=O) groups is 3. The first-order valence-corrected chi connectivity index (χ1v) is 11.0. The fraction of sp³-hybridized carbons (Fsp3) is 0.591. The van der Waals surface area contributed by atoms with E-state index < -0.39 is 5.54 Å². The zero-order valence-electron chi connectivity index (χ0n) is 17.7. The van der Waals surface area contributed by atoms with Gasteiger partial charge in [0, 0.05) is 32.7 Å². The second-order valence-electron chi connectivity index (χ2n) is 8.44. The number of para-hydroxylation sites is 2. The van der Waals surface area contributed by atoms with Crippen molar-refractivity contribution in [2.75, 3.05) is 56.0 Å². The quantitative estimate of drug-likeness (QED) is 0.754. The van der Waals surface area contributed by atoms with Gasteiger partial charge >= 0.3 is 0 Å². The molecule has 0 radical (unpaired) electrons. The Morgan fingerprint density at radius 1 is 1.03 bits per heavy atom. The van der Waals surface area contributed by atoms with Crippen molar-refractivity contribution in [3.63, 3.8) is 0 Å². The largest absolute Gasteiger partial charge is 0.355 e. The normalized spacial score (nSPS) is 21.4. The first-order chi connectivity index (χ1) is 14.5. The van der Waals surface area contributed by atoms with E-state index in [0.29, 0.717) is 38.2 Å². The molecule has 30 heavy (non-hydrogen) atoms. The summed E-state index contributed by atoms with van der Waals surface area (Å²) in [7, 11) is 0. The lowest BCUT2D eigenvalue weighted by molar-refractivity contribution is -0.128. The van der Waals surface area contributed by atoms with Crippen LogP contribution in [0.15, 0.2) is 24.3 Å². The van der Waals surface area contributed by atoms with E-state index in [1.165, 1.54) is 0 Å². The molecule has 8 nitrogen and oxygen atoms in total. The van der Waals surface area contributed by atoms with Crippen molar-refractivity contribution in [2.45, 2.75) is 38.1 Å². The molecular formula is C22H31N5O3. The van der Waals surface area contributed by atoms with E-state index in [1.54, 1.807) is 4.90 Å². The van der Waals surface area contributed by atoms with Crippen LogP contribution in [0, 0.1) is 0 Å². The summed E-state index contributed by atoms with van der Waals surface area (Å²) in [4.78, 5) is 44.4. The third kappa shape index (κ3) is 3.94. The maximum Gasteiger partial charge on any atom is 0.250 e. The maximum atomic E-state index is 13.5. The van der Waals surface area contributed by atoms with Crippen molar-refractivity contribution >= 4 is 29.1 Å². The van der Waals surface area contributed by atoms with Gasteiger partial charge in [-0.15, -0.1) is 0 Å². The van der Waals surface area contributed by atoms with Crippen LogP contribution in [0.4, 0.5) is 11.4 Å². The Kier molecular flexibility index (Phi) is 6.06. The van der Waals surface area contributed by atoms with Crippen LogP contribution in [0.2, 0.25) is 0 Å². The van der Waals surface area contributed by atoms with Crippen LogP contribution in [0.1, 0.15) is 32.6 Å². The summed E-state index contributed by atoms with van der Waals surface area (Å²) in [5.41, 5.74) is 0.755. The summed E-state index contributed by atoms with van der Waals surface area (Å²) >= 11 is 0. The predicted octanol–water partition coefficient (Wildman–Crippen LogP) is 1.04. The average Bonchev–Trinajstić information content (AvgIpc) is 3.21. The van der Waals surface area contributed by atoms with Gasteiger partial charge < -0.3 is 10.6 Å². The molecule has 1 aromatic rings. The maximum absolute atomic E-state index is 13.5. The minimum Gasteiger partial charge on any atom is -0.355 e. The number of amides is 3. The summed E-state index contributed by atoms with van der Waals surface area (Å²) in [5.74, 6) is -0.0312. The van der Waals surface area contributed by atoms with E-state index in [4.69, 9.17) is 0 Å². The highest BCUT2D eigenvalue weighted by Crippen LogP contribution is 2.45. The molecule has 4 rings (SSSR count). The lowest BCUT2D eigenvalue weighted by atomic mass is 9.89. The predicted molar refractivity (Wildman–Crippen MR) is 115 cm³/mol. The Bertz CT molecular complexity index is 813. The van der Waals surface area contributed by atoms with Crippen molar-refractivity contribution in [2.24, 2.45) is 0 Å². The third-order valence-corrected chi connectivity index (χ3v) is 6.49. The van der Waals surface area contributed by atoms with Crippen LogP contribution in [0.25, 0.3) is 0 Å². The topological polar surface area (TPSA) is 85.0 Å². The van der Waals surface area contributed by atoms with Gasteiger partial charge in [0.15, 0.2) is 0 Å². The molecule has 1 aromatic carbocycles. The van der Waals surface area contributed by atoms with Crippen LogP contribution in [-0.2, 0) is 14.4 Å². The van der Waals surface area contributed by atoms with E-state index in [-0.39, 0.29) is 17.7 Å². The highest BCUT2D eigenvalue weighted by Gasteiger charge is 2.52. The average molecular weight is 414 g/mol. The Morgan fingerprint density at radius 2 is 1.67 bits per heavy atom. The van der Waals surface area contributed by atoms with Gasteiger partial charge in [0.2, 0.25) is 11.8 Å². The fourth-order valence-electron chi connectivity index (χ4n) is 4.95. The van der Waals surface area contributed by atoms with E-state index in [9.17, 15) is 14.4 Å². The monoisotopic (exact) mass is 413 g/mol. The summed E-state index contributed by atoms with van der Waals surface area (Å²) in [5, 5.41) is 5.85. The van der Waals surface area contributed by atoms with E-state index in [2.05, 4.69) is 20.4 Å². The van der Waals surface area contributed by atoms with Crippen LogP contribution in [0.3, 0.4) is 0 Å². The van der Waals surface area contributed by atoms with Gasteiger partial charge in [0.1, 0.15) is 5.54 Å². The standard InChI is InChI=1S/C22H31N5O3/c1-2-23-19(28)15-25-11-13-26(14-12-25)16-20(29)27-18-8-4-3-7-17(18)24-21(30)22(27)9-5-6-10-22/h3-4,7-8H,2,5-6,9-16H2,1H3,(H,23,28)(H,24,30). The molecule has 0 unspecified atom stereocenters. The number of nitrogens with zero attached hydrogens (tertiary/aromatic N) is 3. The molecule has 162 valence electrons. The number of carbonyl (C=O) groups excluding carboxylic acids is 3.